The van der Waals surface area contributed by atoms with Crippen LogP contribution in [0.4, 0.5) is 5.69 Å². The van der Waals surface area contributed by atoms with Crippen molar-refractivity contribution in [3.63, 3.8) is 0 Å². The van der Waals surface area contributed by atoms with Gasteiger partial charge in [0.2, 0.25) is 5.91 Å². The largest absolute Gasteiger partial charge is 0.495 e. The van der Waals surface area contributed by atoms with Crippen LogP contribution in [0.15, 0.2) is 40.9 Å². The predicted molar refractivity (Wildman–Crippen MR) is 141 cm³/mol. The van der Waals surface area contributed by atoms with Crippen molar-refractivity contribution in [2.24, 2.45) is 0 Å². The minimum absolute atomic E-state index is 0.0349. The molecule has 0 bridgehead atoms. The molecular weight excluding hydrogens is 492 g/mol. The molecule has 1 N–H and O–H groups in total. The van der Waals surface area contributed by atoms with Crippen LogP contribution in [0.5, 0.6) is 5.75 Å². The first-order valence-corrected chi connectivity index (χ1v) is 13.0. The van der Waals surface area contributed by atoms with E-state index in [2.05, 4.69) is 27.9 Å². The molecule has 1 amide bonds. The summed E-state index contributed by atoms with van der Waals surface area (Å²) in [5.74, 6) is 2.20. The highest BCUT2D eigenvalue weighted by Crippen LogP contribution is 2.43. The van der Waals surface area contributed by atoms with Crippen LogP contribution in [0.3, 0.4) is 0 Å². The van der Waals surface area contributed by atoms with Gasteiger partial charge in [-0.15, -0.1) is 0 Å². The average Bonchev–Trinajstić information content (AvgIpc) is 3.64. The molecule has 3 heterocycles. The number of fused-ring (bicyclic) bond motifs is 1. The summed E-state index contributed by atoms with van der Waals surface area (Å²) in [7, 11) is 1.57. The third kappa shape index (κ3) is 3.99. The molecule has 4 aromatic rings. The minimum Gasteiger partial charge on any atom is -0.495 e. The number of rotatable bonds is 5. The van der Waals surface area contributed by atoms with E-state index < -0.39 is 0 Å². The van der Waals surface area contributed by atoms with Crippen LogP contribution in [-0.4, -0.2) is 38.9 Å². The Kier molecular flexibility index (Phi) is 5.96. The van der Waals surface area contributed by atoms with Crippen LogP contribution in [-0.2, 0) is 4.79 Å². The van der Waals surface area contributed by atoms with Crippen molar-refractivity contribution in [1.29, 1.82) is 0 Å². The maximum atomic E-state index is 13.2. The third-order valence-electron chi connectivity index (χ3n) is 7.70. The minimum atomic E-state index is -0.335. The lowest BCUT2D eigenvalue weighted by Gasteiger charge is -2.27. The molecule has 2 aliphatic rings. The molecule has 9 heteroatoms. The Morgan fingerprint density at radius 2 is 1.97 bits per heavy atom. The van der Waals surface area contributed by atoms with Crippen molar-refractivity contribution in [1.82, 2.24) is 14.7 Å². The lowest BCUT2D eigenvalue weighted by atomic mass is 10.0. The fourth-order valence-electron chi connectivity index (χ4n) is 6.01. The van der Waals surface area contributed by atoms with E-state index in [1.54, 1.807) is 19.2 Å². The molecule has 0 spiro atoms. The van der Waals surface area contributed by atoms with Crippen molar-refractivity contribution in [3.05, 3.63) is 58.7 Å². The number of methoxy groups -OCH3 is 1. The van der Waals surface area contributed by atoms with E-state index in [9.17, 15) is 9.90 Å². The number of aromatic nitrogens is 3. The average molecular weight is 521 g/mol. The molecule has 8 nitrogen and oxygen atoms in total. The summed E-state index contributed by atoms with van der Waals surface area (Å²) in [6.07, 6.45) is 3.02. The van der Waals surface area contributed by atoms with E-state index in [0.29, 0.717) is 30.0 Å². The molecule has 1 aliphatic carbocycles. The van der Waals surface area contributed by atoms with Gasteiger partial charge < -0.3 is 23.8 Å². The van der Waals surface area contributed by atoms with Gasteiger partial charge in [-0.05, 0) is 75.4 Å². The number of carbonyl (C=O) groups excluding carboxylic acids is 1. The maximum Gasteiger partial charge on any atom is 0.227 e. The Labute approximate surface area is 219 Å². The number of aliphatic hydroxyl groups excluding tert-OH is 1. The number of benzene rings is 2. The predicted octanol–water partition coefficient (Wildman–Crippen LogP) is 5.92. The topological polar surface area (TPSA) is 93.6 Å². The summed E-state index contributed by atoms with van der Waals surface area (Å²) in [6.45, 7) is 3.84. The second-order valence-electron chi connectivity index (χ2n) is 10.0. The standard InChI is InChI=1S/C28H29ClN4O4/c1-15-27(16(2)37-31-15)17-4-8-23-22(12-17)30-28(33(23)18-5-7-20(34)13-18)24-9-11-26(35)32(24)19-6-10-25(36-3)21(29)14-19/h4,6,8,10,12,14,18,20,24,34H,5,7,9,11,13H2,1-3H3/t18-,20-,24?/m1/s1. The monoisotopic (exact) mass is 520 g/mol. The summed E-state index contributed by atoms with van der Waals surface area (Å²) in [6, 6.07) is 11.5. The van der Waals surface area contributed by atoms with Crippen LogP contribution in [0.2, 0.25) is 5.02 Å². The third-order valence-corrected chi connectivity index (χ3v) is 8.00. The molecule has 2 aromatic carbocycles. The molecule has 192 valence electrons. The number of amides is 1. The number of imidazole rings is 1. The maximum absolute atomic E-state index is 13.2. The van der Waals surface area contributed by atoms with Crippen molar-refractivity contribution in [2.75, 3.05) is 12.0 Å². The van der Waals surface area contributed by atoms with Crippen molar-refractivity contribution >= 4 is 34.2 Å². The van der Waals surface area contributed by atoms with Gasteiger partial charge in [0.1, 0.15) is 17.3 Å². The van der Waals surface area contributed by atoms with Crippen LogP contribution in [0.25, 0.3) is 22.2 Å². The zero-order valence-corrected chi connectivity index (χ0v) is 21.8. The summed E-state index contributed by atoms with van der Waals surface area (Å²) < 4.78 is 13.0. The molecular formula is C28H29ClN4O4. The van der Waals surface area contributed by atoms with E-state index in [1.165, 1.54) is 0 Å². The SMILES string of the molecule is COc1ccc(N2C(=O)CCC2c2nc3cc(-c4c(C)noc4C)ccc3n2[C@@H]2CC[C@@H](O)C2)cc1Cl. The second kappa shape index (κ2) is 9.19. The summed E-state index contributed by atoms with van der Waals surface area (Å²) in [5, 5.41) is 14.9. The Balaban J connectivity index is 1.50. The van der Waals surface area contributed by atoms with Crippen molar-refractivity contribution in [3.8, 4) is 16.9 Å². The summed E-state index contributed by atoms with van der Waals surface area (Å²) in [4.78, 5) is 20.1. The highest BCUT2D eigenvalue weighted by molar-refractivity contribution is 6.32. The molecule has 1 saturated carbocycles. The highest BCUT2D eigenvalue weighted by atomic mass is 35.5. The number of hydrogen-bond donors (Lipinski definition) is 1. The number of nitrogens with zero attached hydrogens (tertiary/aromatic N) is 4. The van der Waals surface area contributed by atoms with Crippen LogP contribution in [0, 0.1) is 13.8 Å². The Morgan fingerprint density at radius 3 is 2.65 bits per heavy atom. The fraction of sp³-hybridized carbons (Fsp3) is 0.393. The molecule has 2 fully saturated rings. The van der Waals surface area contributed by atoms with E-state index in [1.807, 2.05) is 24.8 Å². The molecule has 1 saturated heterocycles. The number of halogens is 1. The highest BCUT2D eigenvalue weighted by Gasteiger charge is 2.39. The number of aryl methyl sites for hydroxylation is 2. The van der Waals surface area contributed by atoms with Crippen LogP contribution >= 0.6 is 11.6 Å². The normalized spacial score (nSPS) is 21.9. The molecule has 1 aliphatic heterocycles. The number of aliphatic hydroxyl groups is 1. The van der Waals surface area contributed by atoms with Gasteiger partial charge in [0, 0.05) is 23.7 Å². The number of ether oxygens (including phenoxy) is 1. The van der Waals surface area contributed by atoms with Crippen LogP contribution < -0.4 is 9.64 Å². The van der Waals surface area contributed by atoms with E-state index in [4.69, 9.17) is 25.8 Å². The Hall–Kier alpha value is -3.36. The number of hydrogen-bond acceptors (Lipinski definition) is 6. The molecule has 6 rings (SSSR count). The first kappa shape index (κ1) is 24.0. The van der Waals surface area contributed by atoms with Crippen molar-refractivity contribution in [2.45, 2.75) is 64.1 Å². The molecule has 3 atom stereocenters. The first-order valence-electron chi connectivity index (χ1n) is 12.6. The Morgan fingerprint density at radius 1 is 1.14 bits per heavy atom. The van der Waals surface area contributed by atoms with Gasteiger partial charge in [-0.25, -0.2) is 4.98 Å². The van der Waals surface area contributed by atoms with E-state index >= 15 is 0 Å². The van der Waals surface area contributed by atoms with Gasteiger partial charge in [-0.3, -0.25) is 4.79 Å². The van der Waals surface area contributed by atoms with Crippen molar-refractivity contribution < 1.29 is 19.2 Å². The Bertz CT molecular complexity index is 1490. The molecule has 37 heavy (non-hydrogen) atoms. The quantitative estimate of drug-likeness (QED) is 0.351. The van der Waals surface area contributed by atoms with Gasteiger partial charge in [-0.2, -0.15) is 0 Å². The second-order valence-corrected chi connectivity index (χ2v) is 10.4. The van der Waals surface area contributed by atoms with Gasteiger partial charge >= 0.3 is 0 Å². The zero-order valence-electron chi connectivity index (χ0n) is 21.1. The molecule has 2 aromatic heterocycles. The van der Waals surface area contributed by atoms with Crippen LogP contribution in [0.1, 0.15) is 61.5 Å². The summed E-state index contributed by atoms with van der Waals surface area (Å²) >= 11 is 6.43. The van der Waals surface area contributed by atoms with Gasteiger partial charge in [0.15, 0.2) is 0 Å². The van der Waals surface area contributed by atoms with Gasteiger partial charge in [0.25, 0.3) is 0 Å². The first-order chi connectivity index (χ1) is 17.9. The van der Waals surface area contributed by atoms with E-state index in [0.717, 1.165) is 58.0 Å². The van der Waals surface area contributed by atoms with E-state index in [-0.39, 0.29) is 24.1 Å². The lowest BCUT2D eigenvalue weighted by Crippen LogP contribution is -2.29. The fourth-order valence-corrected chi connectivity index (χ4v) is 6.27. The number of carbonyl (C=O) groups is 1. The smallest absolute Gasteiger partial charge is 0.227 e. The molecule has 1 unspecified atom stereocenters. The lowest BCUT2D eigenvalue weighted by molar-refractivity contribution is -0.117. The zero-order chi connectivity index (χ0) is 25.8. The summed E-state index contributed by atoms with van der Waals surface area (Å²) in [5.41, 5.74) is 5.37. The van der Waals surface area contributed by atoms with Gasteiger partial charge in [-0.1, -0.05) is 22.8 Å². The molecule has 0 radical (unpaired) electrons. The van der Waals surface area contributed by atoms with Gasteiger partial charge in [0.05, 0.1) is 41.0 Å². The number of anilines is 1.